The Labute approximate surface area is 118 Å². The van der Waals surface area contributed by atoms with Gasteiger partial charge in [0.25, 0.3) is 5.95 Å². The molecular formula is C9H13N12+. The molecule has 3 aromatic heterocycles. The van der Waals surface area contributed by atoms with Crippen LogP contribution in [0.25, 0.3) is 5.95 Å². The Kier molecular flexibility index (Phi) is 3.02. The van der Waals surface area contributed by atoms with Crippen LogP contribution in [0, 0.1) is 13.8 Å². The molecule has 3 aromatic rings. The first-order chi connectivity index (χ1) is 10.1. The fraction of sp³-hybridized carbons (Fsp3) is 0.222. The largest absolute Gasteiger partial charge is 0.500 e. The molecule has 12 nitrogen and oxygen atoms in total. The van der Waals surface area contributed by atoms with E-state index in [0.29, 0.717) is 11.9 Å². The topological polar surface area (TPSA) is 152 Å². The van der Waals surface area contributed by atoms with E-state index in [2.05, 4.69) is 46.5 Å². The predicted molar refractivity (Wildman–Crippen MR) is 70.4 cm³/mol. The third-order valence-electron chi connectivity index (χ3n) is 2.59. The van der Waals surface area contributed by atoms with Crippen molar-refractivity contribution in [3.8, 4) is 5.95 Å². The predicted octanol–water partition coefficient (Wildman–Crippen LogP) is -1.77. The van der Waals surface area contributed by atoms with Gasteiger partial charge < -0.3 is 5.84 Å². The maximum atomic E-state index is 5.53. The second-order valence-electron chi connectivity index (χ2n) is 4.25. The van der Waals surface area contributed by atoms with E-state index in [1.807, 2.05) is 19.9 Å². The van der Waals surface area contributed by atoms with Gasteiger partial charge in [0.15, 0.2) is 0 Å². The second-order valence-corrected chi connectivity index (χ2v) is 4.25. The van der Waals surface area contributed by atoms with Crippen molar-refractivity contribution >= 4 is 11.9 Å². The van der Waals surface area contributed by atoms with Gasteiger partial charge in [-0.2, -0.15) is 0 Å². The number of hydrogen-bond acceptors (Lipinski definition) is 9. The van der Waals surface area contributed by atoms with Gasteiger partial charge in [0.05, 0.1) is 10.2 Å². The highest BCUT2D eigenvalue weighted by Gasteiger charge is 2.17. The van der Waals surface area contributed by atoms with Gasteiger partial charge in [-0.25, -0.2) is 9.77 Å². The molecular weight excluding hydrogens is 276 g/mol. The lowest BCUT2D eigenvalue weighted by Gasteiger charge is -2.03. The van der Waals surface area contributed by atoms with Crippen molar-refractivity contribution in [3.63, 3.8) is 0 Å². The van der Waals surface area contributed by atoms with Crippen molar-refractivity contribution < 1.29 is 4.68 Å². The van der Waals surface area contributed by atoms with Gasteiger partial charge in [0.2, 0.25) is 0 Å². The third kappa shape index (κ3) is 2.54. The average molecular weight is 289 g/mol. The molecule has 0 unspecified atom stereocenters. The molecule has 0 atom stereocenters. The van der Waals surface area contributed by atoms with E-state index in [4.69, 9.17) is 5.84 Å². The number of H-pyrrole nitrogens is 1. The zero-order valence-corrected chi connectivity index (χ0v) is 11.3. The van der Waals surface area contributed by atoms with Crippen LogP contribution in [-0.2, 0) is 0 Å². The number of hydrogen-bond donors (Lipinski definition) is 4. The van der Waals surface area contributed by atoms with Crippen LogP contribution in [0.4, 0.5) is 11.9 Å². The van der Waals surface area contributed by atoms with Gasteiger partial charge in [0.1, 0.15) is 12.0 Å². The van der Waals surface area contributed by atoms with Crippen molar-refractivity contribution in [1.82, 2.24) is 40.4 Å². The molecule has 21 heavy (non-hydrogen) atoms. The number of aryl methyl sites for hydroxylation is 2. The molecule has 0 radical (unpaired) electrons. The highest BCUT2D eigenvalue weighted by molar-refractivity contribution is 5.33. The number of hydrazine groups is 1. The van der Waals surface area contributed by atoms with Gasteiger partial charge in [-0.05, 0) is 30.1 Å². The number of aromatic nitrogens is 9. The molecule has 0 amide bonds. The van der Waals surface area contributed by atoms with Crippen LogP contribution in [0.3, 0.4) is 0 Å². The van der Waals surface area contributed by atoms with E-state index in [1.54, 1.807) is 4.68 Å². The molecule has 0 aliphatic carbocycles. The number of nitrogens with one attached hydrogen (secondary N) is 3. The molecule has 0 aromatic carbocycles. The van der Waals surface area contributed by atoms with Crippen molar-refractivity contribution in [2.75, 3.05) is 16.7 Å². The molecule has 12 heteroatoms. The molecule has 0 fully saturated rings. The van der Waals surface area contributed by atoms with Crippen LogP contribution in [0.1, 0.15) is 11.4 Å². The van der Waals surface area contributed by atoms with Gasteiger partial charge in [-0.1, -0.05) is 0 Å². The highest BCUT2D eigenvalue weighted by atomic mass is 15.6. The zero-order valence-electron chi connectivity index (χ0n) is 11.3. The minimum atomic E-state index is 0.170. The summed E-state index contributed by atoms with van der Waals surface area (Å²) in [6, 6.07) is 1.96. The molecule has 0 aliphatic heterocycles. The Morgan fingerprint density at radius 3 is 2.48 bits per heavy atom. The smallest absolute Gasteiger partial charge is 0.335 e. The molecule has 0 saturated carbocycles. The van der Waals surface area contributed by atoms with Gasteiger partial charge in [-0.15, -0.1) is 14.9 Å². The lowest BCUT2D eigenvalue weighted by Crippen LogP contribution is -2.38. The normalized spacial score (nSPS) is 10.6. The summed E-state index contributed by atoms with van der Waals surface area (Å²) in [7, 11) is 0. The lowest BCUT2D eigenvalue weighted by molar-refractivity contribution is -0.669. The summed E-state index contributed by atoms with van der Waals surface area (Å²) in [5.41, 5.74) is 7.28. The third-order valence-corrected chi connectivity index (χ3v) is 2.59. The Balaban J connectivity index is 1.72. The monoisotopic (exact) mass is 289 g/mol. The van der Waals surface area contributed by atoms with Crippen LogP contribution < -0.4 is 21.4 Å². The molecule has 108 valence electrons. The number of nitrogen functional groups attached to an aromatic ring is 1. The Morgan fingerprint density at radius 1 is 1.14 bits per heavy atom. The van der Waals surface area contributed by atoms with E-state index in [9.17, 15) is 0 Å². The average Bonchev–Trinajstić information content (AvgIpc) is 3.03. The van der Waals surface area contributed by atoms with Crippen LogP contribution in [0.5, 0.6) is 0 Å². The van der Waals surface area contributed by atoms with Crippen LogP contribution in [0.15, 0.2) is 12.4 Å². The first-order valence-corrected chi connectivity index (χ1v) is 5.96. The van der Waals surface area contributed by atoms with Gasteiger partial charge in [-0.3, -0.25) is 10.9 Å². The number of anilines is 2. The molecule has 5 N–H and O–H groups in total. The summed E-state index contributed by atoms with van der Waals surface area (Å²) in [6.07, 6.45) is 1.34. The fourth-order valence-electron chi connectivity index (χ4n) is 1.69. The molecule has 3 heterocycles. The number of nitrogens with zero attached hydrogens (tertiary/aromatic N) is 8. The van der Waals surface area contributed by atoms with Crippen molar-refractivity contribution in [3.05, 3.63) is 23.8 Å². The van der Waals surface area contributed by atoms with E-state index < -0.39 is 0 Å². The first kappa shape index (κ1) is 12.7. The van der Waals surface area contributed by atoms with E-state index in [-0.39, 0.29) is 5.95 Å². The number of aromatic amines is 1. The summed E-state index contributed by atoms with van der Waals surface area (Å²) in [5, 5.41) is 26.2. The molecule has 0 aliphatic rings. The Hall–Kier alpha value is -3.31. The van der Waals surface area contributed by atoms with Crippen LogP contribution in [0.2, 0.25) is 0 Å². The minimum absolute atomic E-state index is 0.170. The van der Waals surface area contributed by atoms with E-state index in [1.165, 1.54) is 11.0 Å². The van der Waals surface area contributed by atoms with Crippen molar-refractivity contribution in [2.45, 2.75) is 13.8 Å². The minimum Gasteiger partial charge on any atom is -0.335 e. The summed E-state index contributed by atoms with van der Waals surface area (Å²) < 4.78 is 2.88. The van der Waals surface area contributed by atoms with Crippen LogP contribution >= 0.6 is 0 Å². The summed E-state index contributed by atoms with van der Waals surface area (Å²) in [4.78, 5) is 0. The standard InChI is InChI=1S/C9H12N12/c1-5-3-6(2)21(19-5)9-17-13-7(14-18-9)12-16-8-15-11-4-20(8)10/h3-4H,10H2,1-2H3,(H2,12,13,14,15,16,17,18)/p+1. The maximum Gasteiger partial charge on any atom is 0.500 e. The van der Waals surface area contributed by atoms with Crippen molar-refractivity contribution in [1.29, 1.82) is 0 Å². The summed E-state index contributed by atoms with van der Waals surface area (Å²) in [5.74, 6) is 6.34. The van der Waals surface area contributed by atoms with Crippen molar-refractivity contribution in [2.24, 2.45) is 0 Å². The number of nitrogens with two attached hydrogens (primary N) is 1. The summed E-state index contributed by atoms with van der Waals surface area (Å²) in [6.45, 7) is 3.86. The second kappa shape index (κ2) is 4.99. The molecule has 0 bridgehead atoms. The summed E-state index contributed by atoms with van der Waals surface area (Å²) >= 11 is 0. The van der Waals surface area contributed by atoms with Crippen LogP contribution in [-0.4, -0.2) is 40.4 Å². The van der Waals surface area contributed by atoms with E-state index >= 15 is 0 Å². The van der Waals surface area contributed by atoms with E-state index in [0.717, 1.165) is 11.4 Å². The fourth-order valence-corrected chi connectivity index (χ4v) is 1.69. The Bertz CT molecular complexity index is 740. The Morgan fingerprint density at radius 2 is 1.90 bits per heavy atom. The number of rotatable bonds is 4. The van der Waals surface area contributed by atoms with Gasteiger partial charge >= 0.3 is 11.9 Å². The SMILES string of the molecule is Cc1cc(C)[n+](-c2nnc(NNc3nncn3N)nn2)[nH]1. The maximum absolute atomic E-state index is 5.53. The molecule has 3 rings (SSSR count). The molecule has 0 saturated heterocycles. The molecule has 0 spiro atoms. The lowest BCUT2D eigenvalue weighted by atomic mass is 10.4. The highest BCUT2D eigenvalue weighted by Crippen LogP contribution is 1.99. The van der Waals surface area contributed by atoms with Gasteiger partial charge in [0, 0.05) is 5.69 Å². The zero-order chi connectivity index (χ0) is 14.8. The first-order valence-electron chi connectivity index (χ1n) is 5.96. The quantitative estimate of drug-likeness (QED) is 0.248.